The molecule has 0 bridgehead atoms. The average Bonchev–Trinajstić information content (AvgIpc) is 3.49. The number of benzene rings is 2. The summed E-state index contributed by atoms with van der Waals surface area (Å²) in [5, 5.41) is 13.8. The number of amides is 2. The molecule has 3 heterocycles. The van der Waals surface area contributed by atoms with E-state index in [-0.39, 0.29) is 18.2 Å². The number of nitrogens with zero attached hydrogens (tertiary/aromatic N) is 2. The van der Waals surface area contributed by atoms with Crippen molar-refractivity contribution >= 4 is 44.9 Å². The highest BCUT2D eigenvalue weighted by molar-refractivity contribution is 7.18. The van der Waals surface area contributed by atoms with Crippen LogP contribution in [0.1, 0.15) is 20.8 Å². The van der Waals surface area contributed by atoms with E-state index in [1.54, 1.807) is 7.11 Å². The number of anilines is 2. The summed E-state index contributed by atoms with van der Waals surface area (Å²) >= 11 is 1.43. The Morgan fingerprint density at radius 2 is 1.86 bits per heavy atom. The van der Waals surface area contributed by atoms with Gasteiger partial charge in [-0.1, -0.05) is 12.1 Å². The Balaban J connectivity index is 1.18. The molecular formula is C26H27N5O4S. The summed E-state index contributed by atoms with van der Waals surface area (Å²) in [5.74, 6) is 0.997. The number of fused-ring (bicyclic) bond motifs is 1. The van der Waals surface area contributed by atoms with Crippen LogP contribution >= 0.6 is 11.3 Å². The van der Waals surface area contributed by atoms with Crippen molar-refractivity contribution in [3.8, 4) is 5.75 Å². The van der Waals surface area contributed by atoms with Crippen molar-refractivity contribution in [2.45, 2.75) is 13.0 Å². The number of thiophene rings is 1. The lowest BCUT2D eigenvalue weighted by atomic mass is 10.1. The molecule has 2 aromatic carbocycles. The Morgan fingerprint density at radius 3 is 2.58 bits per heavy atom. The highest BCUT2D eigenvalue weighted by Crippen LogP contribution is 2.30. The van der Waals surface area contributed by atoms with Crippen LogP contribution in [-0.2, 0) is 22.5 Å². The maximum atomic E-state index is 12.8. The lowest BCUT2D eigenvalue weighted by molar-refractivity contribution is -0.120. The molecule has 9 nitrogen and oxygen atoms in total. The molecule has 1 fully saturated rings. The van der Waals surface area contributed by atoms with E-state index < -0.39 is 0 Å². The highest BCUT2D eigenvalue weighted by atomic mass is 32.1. The first-order valence-electron chi connectivity index (χ1n) is 11.7. The van der Waals surface area contributed by atoms with Gasteiger partial charge in [0.1, 0.15) is 16.4 Å². The summed E-state index contributed by atoms with van der Waals surface area (Å²) < 4.78 is 10.6. The van der Waals surface area contributed by atoms with Crippen LogP contribution in [0.2, 0.25) is 0 Å². The molecule has 36 heavy (non-hydrogen) atoms. The van der Waals surface area contributed by atoms with Gasteiger partial charge in [0.15, 0.2) is 0 Å². The maximum Gasteiger partial charge on any atom is 0.256 e. The van der Waals surface area contributed by atoms with Gasteiger partial charge in [0.2, 0.25) is 5.91 Å². The zero-order chi connectivity index (χ0) is 24.9. The van der Waals surface area contributed by atoms with Gasteiger partial charge in [-0.25, -0.2) is 0 Å². The minimum atomic E-state index is -0.223. The van der Waals surface area contributed by atoms with Crippen molar-refractivity contribution in [1.29, 1.82) is 0 Å². The molecule has 2 aromatic heterocycles. The largest absolute Gasteiger partial charge is 0.497 e. The predicted octanol–water partition coefficient (Wildman–Crippen LogP) is 3.58. The van der Waals surface area contributed by atoms with Gasteiger partial charge in [0, 0.05) is 35.8 Å². The number of hydrogen-bond acceptors (Lipinski definition) is 7. The standard InChI is InChI=1S/C26H27N5O4S/c1-34-20-8-2-17(3-9-20)16-27-23(32)15-21-14-22-24(29-30-26(22)36-21)28-25(33)18-4-6-19(7-5-18)31-10-12-35-13-11-31/h2-9,14H,10-13,15-16H2,1H3,(H,27,32)(H2,28,29,30,33). The van der Waals surface area contributed by atoms with E-state index in [0.29, 0.717) is 31.1 Å². The van der Waals surface area contributed by atoms with Crippen molar-refractivity contribution in [3.63, 3.8) is 0 Å². The number of ether oxygens (including phenoxy) is 2. The van der Waals surface area contributed by atoms with Gasteiger partial charge in [-0.2, -0.15) is 5.10 Å². The van der Waals surface area contributed by atoms with Crippen molar-refractivity contribution in [3.05, 3.63) is 70.6 Å². The first-order chi connectivity index (χ1) is 17.6. The molecule has 0 unspecified atom stereocenters. The van der Waals surface area contributed by atoms with Gasteiger partial charge in [-0.15, -0.1) is 11.3 Å². The van der Waals surface area contributed by atoms with Crippen LogP contribution in [0.4, 0.5) is 11.5 Å². The van der Waals surface area contributed by atoms with E-state index in [1.807, 2.05) is 54.6 Å². The van der Waals surface area contributed by atoms with Gasteiger partial charge in [0.05, 0.1) is 32.1 Å². The normalized spacial score (nSPS) is 13.5. The number of aromatic amines is 1. The average molecular weight is 506 g/mol. The minimum absolute atomic E-state index is 0.0790. The Hall–Kier alpha value is -3.89. The first kappa shape index (κ1) is 23.8. The quantitative estimate of drug-likeness (QED) is 0.338. The Kier molecular flexibility index (Phi) is 7.15. The van der Waals surface area contributed by atoms with Crippen LogP contribution in [0, 0.1) is 0 Å². The number of rotatable bonds is 8. The summed E-state index contributed by atoms with van der Waals surface area (Å²) in [5.41, 5.74) is 2.63. The van der Waals surface area contributed by atoms with Gasteiger partial charge < -0.3 is 25.0 Å². The Labute approximate surface area is 212 Å². The predicted molar refractivity (Wildman–Crippen MR) is 140 cm³/mol. The zero-order valence-corrected chi connectivity index (χ0v) is 20.7. The van der Waals surface area contributed by atoms with E-state index in [4.69, 9.17) is 9.47 Å². The van der Waals surface area contributed by atoms with Crippen molar-refractivity contribution in [2.24, 2.45) is 0 Å². The third kappa shape index (κ3) is 5.50. The van der Waals surface area contributed by atoms with Crippen molar-refractivity contribution < 1.29 is 19.1 Å². The smallest absolute Gasteiger partial charge is 0.256 e. The summed E-state index contributed by atoms with van der Waals surface area (Å²) in [6.45, 7) is 3.56. The summed E-state index contributed by atoms with van der Waals surface area (Å²) in [4.78, 5) is 29.1. The number of H-pyrrole nitrogens is 1. The van der Waals surface area contributed by atoms with E-state index in [1.165, 1.54) is 11.3 Å². The molecule has 0 atom stereocenters. The van der Waals surface area contributed by atoms with Gasteiger partial charge in [0.25, 0.3) is 5.91 Å². The van der Waals surface area contributed by atoms with Gasteiger partial charge in [-0.3, -0.25) is 14.7 Å². The first-order valence-corrected chi connectivity index (χ1v) is 12.5. The molecule has 0 aliphatic carbocycles. The molecule has 3 N–H and O–H groups in total. The molecule has 10 heteroatoms. The lowest BCUT2D eigenvalue weighted by Gasteiger charge is -2.28. The molecule has 4 aromatic rings. The van der Waals surface area contributed by atoms with Crippen molar-refractivity contribution in [1.82, 2.24) is 15.5 Å². The molecule has 0 spiro atoms. The number of methoxy groups -OCH3 is 1. The second-order valence-electron chi connectivity index (χ2n) is 8.43. The number of aromatic nitrogens is 2. The van der Waals surface area contributed by atoms with Crippen LogP contribution < -0.4 is 20.3 Å². The van der Waals surface area contributed by atoms with E-state index in [2.05, 4.69) is 25.7 Å². The monoisotopic (exact) mass is 505 g/mol. The fourth-order valence-corrected chi connectivity index (χ4v) is 5.03. The molecule has 1 saturated heterocycles. The second-order valence-corrected chi connectivity index (χ2v) is 9.55. The molecule has 0 saturated carbocycles. The third-order valence-corrected chi connectivity index (χ3v) is 7.06. The minimum Gasteiger partial charge on any atom is -0.497 e. The zero-order valence-electron chi connectivity index (χ0n) is 19.9. The molecule has 186 valence electrons. The van der Waals surface area contributed by atoms with Crippen LogP contribution in [0.15, 0.2) is 54.6 Å². The third-order valence-electron chi connectivity index (χ3n) is 6.03. The topological polar surface area (TPSA) is 109 Å². The van der Waals surface area contributed by atoms with Crippen LogP contribution in [-0.4, -0.2) is 55.4 Å². The number of carbonyl (C=O) groups excluding carboxylic acids is 2. The summed E-state index contributed by atoms with van der Waals surface area (Å²) in [7, 11) is 1.62. The number of nitrogens with one attached hydrogen (secondary N) is 3. The maximum absolute atomic E-state index is 12.8. The molecule has 1 aliphatic rings. The highest BCUT2D eigenvalue weighted by Gasteiger charge is 2.16. The number of hydrogen-bond donors (Lipinski definition) is 3. The summed E-state index contributed by atoms with van der Waals surface area (Å²) in [6.07, 6.45) is 0.244. The van der Waals surface area contributed by atoms with Gasteiger partial charge in [-0.05, 0) is 48.0 Å². The Morgan fingerprint density at radius 1 is 1.11 bits per heavy atom. The second kappa shape index (κ2) is 10.8. The fraction of sp³-hybridized carbons (Fsp3) is 0.269. The van der Waals surface area contributed by atoms with Gasteiger partial charge >= 0.3 is 0 Å². The van der Waals surface area contributed by atoms with Crippen molar-refractivity contribution in [2.75, 3.05) is 43.6 Å². The molecule has 5 rings (SSSR count). The van der Waals surface area contributed by atoms with Crippen LogP contribution in [0.5, 0.6) is 5.75 Å². The molecule has 0 radical (unpaired) electrons. The van der Waals surface area contributed by atoms with E-state index in [0.717, 1.165) is 45.2 Å². The lowest BCUT2D eigenvalue weighted by Crippen LogP contribution is -2.36. The molecule has 2 amide bonds. The molecule has 1 aliphatic heterocycles. The number of morpholine rings is 1. The number of carbonyl (C=O) groups is 2. The van der Waals surface area contributed by atoms with E-state index in [9.17, 15) is 9.59 Å². The van der Waals surface area contributed by atoms with Crippen LogP contribution in [0.3, 0.4) is 0 Å². The SMILES string of the molecule is COc1ccc(CNC(=O)Cc2cc3c(NC(=O)c4ccc(N5CCOCC5)cc4)[nH]nc3s2)cc1. The van der Waals surface area contributed by atoms with E-state index >= 15 is 0 Å². The Bertz CT molecular complexity index is 1340. The van der Waals surface area contributed by atoms with Crippen LogP contribution in [0.25, 0.3) is 10.2 Å². The fourth-order valence-electron chi connectivity index (χ4n) is 4.04. The summed E-state index contributed by atoms with van der Waals surface area (Å²) in [6, 6.07) is 17.0. The molecular weight excluding hydrogens is 478 g/mol.